The average Bonchev–Trinajstić information content (AvgIpc) is 2.78. The quantitative estimate of drug-likeness (QED) is 0.903. The second-order valence-electron chi connectivity index (χ2n) is 5.23. The summed E-state index contributed by atoms with van der Waals surface area (Å²) in [6, 6.07) is 5.52. The lowest BCUT2D eigenvalue weighted by Crippen LogP contribution is -2.37. The molecule has 0 unspecified atom stereocenters. The molecule has 1 aromatic carbocycles. The number of benzene rings is 1. The number of carbonyl (C=O) groups excluding carboxylic acids is 2. The maximum absolute atomic E-state index is 12.1. The van der Waals surface area contributed by atoms with Gasteiger partial charge in [-0.1, -0.05) is 0 Å². The highest BCUT2D eigenvalue weighted by atomic mass is 16.2. The van der Waals surface area contributed by atoms with Crippen molar-refractivity contribution in [1.29, 1.82) is 0 Å². The first-order valence-corrected chi connectivity index (χ1v) is 7.05. The van der Waals surface area contributed by atoms with Gasteiger partial charge in [-0.3, -0.25) is 9.59 Å². The van der Waals surface area contributed by atoms with Gasteiger partial charge in [-0.05, 0) is 44.5 Å². The van der Waals surface area contributed by atoms with E-state index in [1.54, 1.807) is 18.0 Å². The van der Waals surface area contributed by atoms with Crippen LogP contribution < -0.4 is 5.32 Å². The number of aryl methyl sites for hydroxylation is 2. The van der Waals surface area contributed by atoms with Crippen LogP contribution in [0.5, 0.6) is 0 Å². The summed E-state index contributed by atoms with van der Waals surface area (Å²) < 4.78 is 0. The number of hydrogen-bond acceptors (Lipinski definition) is 2. The highest BCUT2D eigenvalue weighted by Crippen LogP contribution is 2.22. The zero-order valence-electron chi connectivity index (χ0n) is 12.9. The predicted molar refractivity (Wildman–Crippen MR) is 83.4 cm³/mol. The smallest absolute Gasteiger partial charge is 0.251 e. The van der Waals surface area contributed by atoms with Crippen molar-refractivity contribution in [2.75, 3.05) is 20.1 Å². The monoisotopic (exact) mass is 287 g/mol. The summed E-state index contributed by atoms with van der Waals surface area (Å²) in [5.41, 5.74) is 3.82. The molecule has 112 valence electrons. The molecule has 0 fully saturated rings. The van der Waals surface area contributed by atoms with Gasteiger partial charge in [-0.15, -0.1) is 0 Å². The summed E-state index contributed by atoms with van der Waals surface area (Å²) in [6.45, 7) is 6.57. The van der Waals surface area contributed by atoms with Crippen LogP contribution in [-0.4, -0.2) is 41.8 Å². The Kier molecular flexibility index (Phi) is 4.31. The molecule has 0 radical (unpaired) electrons. The molecule has 0 spiro atoms. The molecule has 0 saturated carbocycles. The third kappa shape index (κ3) is 3.07. The molecule has 0 saturated heterocycles. The van der Waals surface area contributed by atoms with Crippen LogP contribution in [0.4, 0.5) is 0 Å². The van der Waals surface area contributed by atoms with E-state index in [1.807, 2.05) is 32.9 Å². The SMILES string of the molecule is CCN(C)C(=O)CNC(=O)c1ccc2[nH]c(C)c(C)c2c1. The molecule has 2 amide bonds. The molecule has 0 aliphatic carbocycles. The Bertz CT molecular complexity index is 688. The summed E-state index contributed by atoms with van der Waals surface area (Å²) >= 11 is 0. The highest BCUT2D eigenvalue weighted by Gasteiger charge is 2.12. The fourth-order valence-corrected chi connectivity index (χ4v) is 2.17. The van der Waals surface area contributed by atoms with E-state index in [1.165, 1.54) is 0 Å². The highest BCUT2D eigenvalue weighted by molar-refractivity contribution is 6.00. The van der Waals surface area contributed by atoms with Crippen LogP contribution in [0.2, 0.25) is 0 Å². The molecule has 0 aliphatic rings. The molecule has 5 heteroatoms. The van der Waals surface area contributed by atoms with Gasteiger partial charge >= 0.3 is 0 Å². The molecule has 2 rings (SSSR count). The average molecular weight is 287 g/mol. The molecule has 21 heavy (non-hydrogen) atoms. The van der Waals surface area contributed by atoms with Crippen LogP contribution in [0, 0.1) is 13.8 Å². The first kappa shape index (κ1) is 15.1. The minimum absolute atomic E-state index is 0.0202. The minimum Gasteiger partial charge on any atom is -0.358 e. The normalized spacial score (nSPS) is 10.7. The van der Waals surface area contributed by atoms with Crippen LogP contribution >= 0.6 is 0 Å². The van der Waals surface area contributed by atoms with Crippen molar-refractivity contribution >= 4 is 22.7 Å². The van der Waals surface area contributed by atoms with Crippen molar-refractivity contribution in [3.8, 4) is 0 Å². The Labute approximate surface area is 124 Å². The van der Waals surface area contributed by atoms with Crippen molar-refractivity contribution in [3.63, 3.8) is 0 Å². The fraction of sp³-hybridized carbons (Fsp3) is 0.375. The largest absolute Gasteiger partial charge is 0.358 e. The van der Waals surface area contributed by atoms with Gasteiger partial charge in [0.05, 0.1) is 6.54 Å². The van der Waals surface area contributed by atoms with E-state index in [0.717, 1.165) is 22.2 Å². The summed E-state index contributed by atoms with van der Waals surface area (Å²) in [5.74, 6) is -0.325. The van der Waals surface area contributed by atoms with Gasteiger partial charge in [0.25, 0.3) is 5.91 Å². The number of fused-ring (bicyclic) bond motifs is 1. The third-order valence-electron chi connectivity index (χ3n) is 3.87. The standard InChI is InChI=1S/C16H21N3O2/c1-5-19(4)15(20)9-17-16(21)12-6-7-14-13(8-12)10(2)11(3)18-14/h6-8,18H,5,9H2,1-4H3,(H,17,21). The lowest BCUT2D eigenvalue weighted by Gasteiger charge is -2.14. The van der Waals surface area contributed by atoms with Crippen LogP contribution in [0.15, 0.2) is 18.2 Å². The van der Waals surface area contributed by atoms with Crippen molar-refractivity contribution in [2.45, 2.75) is 20.8 Å². The van der Waals surface area contributed by atoms with Gasteiger partial charge in [-0.25, -0.2) is 0 Å². The third-order valence-corrected chi connectivity index (χ3v) is 3.87. The molecule has 2 aromatic rings. The molecule has 2 N–H and O–H groups in total. The van der Waals surface area contributed by atoms with E-state index in [9.17, 15) is 9.59 Å². The van der Waals surface area contributed by atoms with Gasteiger partial charge in [0.2, 0.25) is 5.91 Å². The van der Waals surface area contributed by atoms with Crippen molar-refractivity contribution in [3.05, 3.63) is 35.0 Å². The number of H-pyrrole nitrogens is 1. The summed E-state index contributed by atoms with van der Waals surface area (Å²) in [5, 5.41) is 3.70. The Morgan fingerprint density at radius 2 is 2.00 bits per heavy atom. The minimum atomic E-state index is -0.229. The van der Waals surface area contributed by atoms with Crippen molar-refractivity contribution in [2.24, 2.45) is 0 Å². The van der Waals surface area contributed by atoms with Crippen LogP contribution in [-0.2, 0) is 4.79 Å². The number of hydrogen-bond donors (Lipinski definition) is 2. The van der Waals surface area contributed by atoms with Crippen LogP contribution in [0.3, 0.4) is 0 Å². The number of carbonyl (C=O) groups is 2. The number of nitrogens with zero attached hydrogens (tertiary/aromatic N) is 1. The van der Waals surface area contributed by atoms with Gasteiger partial charge < -0.3 is 15.2 Å². The Morgan fingerprint density at radius 1 is 1.29 bits per heavy atom. The summed E-state index contributed by atoms with van der Waals surface area (Å²) in [6.07, 6.45) is 0. The van der Waals surface area contributed by atoms with Crippen LogP contribution in [0.1, 0.15) is 28.5 Å². The number of aromatic amines is 1. The number of rotatable bonds is 4. The molecule has 0 atom stereocenters. The molecule has 0 aliphatic heterocycles. The fourth-order valence-electron chi connectivity index (χ4n) is 2.17. The molecular weight excluding hydrogens is 266 g/mol. The summed E-state index contributed by atoms with van der Waals surface area (Å²) in [4.78, 5) is 28.7. The molecule has 1 heterocycles. The van der Waals surface area contributed by atoms with E-state index >= 15 is 0 Å². The molecular formula is C16H21N3O2. The van der Waals surface area contributed by atoms with Gasteiger partial charge in [-0.2, -0.15) is 0 Å². The first-order chi connectivity index (χ1) is 9.93. The van der Waals surface area contributed by atoms with Crippen molar-refractivity contribution in [1.82, 2.24) is 15.2 Å². The molecule has 5 nitrogen and oxygen atoms in total. The number of aromatic nitrogens is 1. The van der Waals surface area contributed by atoms with Gasteiger partial charge in [0.15, 0.2) is 0 Å². The van der Waals surface area contributed by atoms with Gasteiger partial charge in [0.1, 0.15) is 0 Å². The van der Waals surface area contributed by atoms with E-state index in [0.29, 0.717) is 12.1 Å². The van der Waals surface area contributed by atoms with E-state index < -0.39 is 0 Å². The van der Waals surface area contributed by atoms with E-state index in [2.05, 4.69) is 10.3 Å². The van der Waals surface area contributed by atoms with Gasteiger partial charge in [0, 0.05) is 35.8 Å². The van der Waals surface area contributed by atoms with E-state index in [4.69, 9.17) is 0 Å². The second-order valence-corrected chi connectivity index (χ2v) is 5.23. The van der Waals surface area contributed by atoms with Crippen molar-refractivity contribution < 1.29 is 9.59 Å². The van der Waals surface area contributed by atoms with Crippen LogP contribution in [0.25, 0.3) is 10.9 Å². The number of nitrogens with one attached hydrogen (secondary N) is 2. The zero-order chi connectivity index (χ0) is 15.6. The molecule has 1 aromatic heterocycles. The Hall–Kier alpha value is -2.30. The summed E-state index contributed by atoms with van der Waals surface area (Å²) in [7, 11) is 1.71. The first-order valence-electron chi connectivity index (χ1n) is 7.05. The number of likely N-dealkylation sites (N-methyl/N-ethyl adjacent to an activating group) is 1. The topological polar surface area (TPSA) is 65.2 Å². The lowest BCUT2D eigenvalue weighted by atomic mass is 10.1. The lowest BCUT2D eigenvalue weighted by molar-refractivity contribution is -0.128. The predicted octanol–water partition coefficient (Wildman–Crippen LogP) is 1.99. The van der Waals surface area contributed by atoms with E-state index in [-0.39, 0.29) is 18.4 Å². The Balaban J connectivity index is 2.13. The maximum atomic E-state index is 12.1. The second kappa shape index (κ2) is 5.99. The molecule has 0 bridgehead atoms. The number of amides is 2. The zero-order valence-corrected chi connectivity index (χ0v) is 12.9. The maximum Gasteiger partial charge on any atom is 0.251 e. The Morgan fingerprint density at radius 3 is 2.67 bits per heavy atom.